The maximum Gasteiger partial charge on any atom is 0.178 e. The fourth-order valence-electron chi connectivity index (χ4n) is 0.464. The van der Waals surface area contributed by atoms with Crippen LogP contribution in [0.1, 0.15) is 0 Å². The quantitative estimate of drug-likeness (QED) is 0.406. The molecule has 2 N–H and O–H groups in total. The van der Waals surface area contributed by atoms with E-state index in [1.54, 1.807) is 6.20 Å². The van der Waals surface area contributed by atoms with Crippen LogP contribution in [0.25, 0.3) is 0 Å². The average Bonchev–Trinajstić information content (AvgIpc) is 1.87. The standard InChI is InChI=1S/C4H6N2O/c5-6-2-1-4(7)3-6/h1-2H,3,5H2. The molecule has 1 heterocycles. The van der Waals surface area contributed by atoms with Gasteiger partial charge in [-0.05, 0) is 0 Å². The Bertz CT molecular complexity index is 119. The Balaban J connectivity index is 2.58. The van der Waals surface area contributed by atoms with E-state index in [1.165, 1.54) is 11.1 Å². The van der Waals surface area contributed by atoms with E-state index in [0.717, 1.165) is 0 Å². The summed E-state index contributed by atoms with van der Waals surface area (Å²) in [6.45, 7) is 0.333. The Morgan fingerprint density at radius 3 is 2.71 bits per heavy atom. The molecule has 0 fully saturated rings. The Kier molecular flexibility index (Phi) is 0.834. The van der Waals surface area contributed by atoms with Crippen LogP contribution in [0.3, 0.4) is 0 Å². The van der Waals surface area contributed by atoms with Gasteiger partial charge in [0.15, 0.2) is 5.78 Å². The van der Waals surface area contributed by atoms with E-state index in [4.69, 9.17) is 5.84 Å². The summed E-state index contributed by atoms with van der Waals surface area (Å²) in [7, 11) is 0. The van der Waals surface area contributed by atoms with Gasteiger partial charge in [-0.15, -0.1) is 0 Å². The summed E-state index contributed by atoms with van der Waals surface area (Å²) in [5, 5.41) is 1.35. The number of hydrogen-bond donors (Lipinski definition) is 1. The summed E-state index contributed by atoms with van der Waals surface area (Å²) >= 11 is 0. The third kappa shape index (κ3) is 0.778. The fourth-order valence-corrected chi connectivity index (χ4v) is 0.464. The smallest absolute Gasteiger partial charge is 0.178 e. The predicted molar refractivity (Wildman–Crippen MR) is 25.0 cm³/mol. The molecule has 0 saturated heterocycles. The summed E-state index contributed by atoms with van der Waals surface area (Å²) < 4.78 is 0. The van der Waals surface area contributed by atoms with Crippen LogP contribution < -0.4 is 5.84 Å². The number of carbonyl (C=O) groups excluding carboxylic acids is 1. The minimum absolute atomic E-state index is 0.0718. The van der Waals surface area contributed by atoms with Crippen molar-refractivity contribution in [2.75, 3.05) is 6.54 Å². The van der Waals surface area contributed by atoms with E-state index in [1.807, 2.05) is 0 Å². The molecule has 0 spiro atoms. The molecule has 38 valence electrons. The van der Waals surface area contributed by atoms with Crippen LogP contribution in [0.2, 0.25) is 0 Å². The van der Waals surface area contributed by atoms with Crippen LogP contribution in [-0.4, -0.2) is 17.3 Å². The summed E-state index contributed by atoms with van der Waals surface area (Å²) in [5.41, 5.74) is 0. The molecule has 0 aromatic carbocycles. The highest BCUT2D eigenvalue weighted by molar-refractivity contribution is 5.93. The summed E-state index contributed by atoms with van der Waals surface area (Å²) in [4.78, 5) is 10.2. The lowest BCUT2D eigenvalue weighted by atomic mass is 10.4. The lowest BCUT2D eigenvalue weighted by molar-refractivity contribution is -0.114. The number of hydrogen-bond acceptors (Lipinski definition) is 3. The molecule has 0 saturated carbocycles. The van der Waals surface area contributed by atoms with Gasteiger partial charge in [0, 0.05) is 12.3 Å². The molecule has 0 unspecified atom stereocenters. The second kappa shape index (κ2) is 1.35. The normalized spacial score (nSPS) is 19.0. The monoisotopic (exact) mass is 98.0 g/mol. The molecule has 0 aliphatic carbocycles. The van der Waals surface area contributed by atoms with Crippen molar-refractivity contribution >= 4 is 5.78 Å². The fraction of sp³-hybridized carbons (Fsp3) is 0.250. The number of ketones is 1. The van der Waals surface area contributed by atoms with E-state index in [9.17, 15) is 4.79 Å². The Morgan fingerprint density at radius 1 is 1.86 bits per heavy atom. The van der Waals surface area contributed by atoms with Gasteiger partial charge in [0.2, 0.25) is 0 Å². The zero-order valence-electron chi connectivity index (χ0n) is 3.79. The highest BCUT2D eigenvalue weighted by Crippen LogP contribution is 1.91. The predicted octanol–water partition coefficient (Wildman–Crippen LogP) is -0.742. The molecule has 0 atom stereocenters. The molecule has 7 heavy (non-hydrogen) atoms. The zero-order valence-corrected chi connectivity index (χ0v) is 3.79. The number of nitrogens with zero attached hydrogens (tertiary/aromatic N) is 1. The second-order valence-corrected chi connectivity index (χ2v) is 1.45. The van der Waals surface area contributed by atoms with Gasteiger partial charge in [0.25, 0.3) is 0 Å². The molecule has 1 aliphatic rings. The summed E-state index contributed by atoms with van der Waals surface area (Å²) in [5.74, 6) is 5.22. The largest absolute Gasteiger partial charge is 0.310 e. The molecule has 0 radical (unpaired) electrons. The maximum atomic E-state index is 10.2. The maximum absolute atomic E-state index is 10.2. The molecular weight excluding hydrogens is 92.1 g/mol. The number of hydrazine groups is 1. The topological polar surface area (TPSA) is 46.3 Å². The van der Waals surface area contributed by atoms with Crippen molar-refractivity contribution in [3.8, 4) is 0 Å². The molecular formula is C4H6N2O. The summed E-state index contributed by atoms with van der Waals surface area (Å²) in [6, 6.07) is 0. The first kappa shape index (κ1) is 4.33. The van der Waals surface area contributed by atoms with Crippen molar-refractivity contribution < 1.29 is 4.79 Å². The van der Waals surface area contributed by atoms with Gasteiger partial charge >= 0.3 is 0 Å². The van der Waals surface area contributed by atoms with Crippen LogP contribution in [0, 0.1) is 0 Å². The summed E-state index contributed by atoms with van der Waals surface area (Å²) in [6.07, 6.45) is 3.02. The van der Waals surface area contributed by atoms with Crippen molar-refractivity contribution in [2.24, 2.45) is 5.84 Å². The average molecular weight is 98.1 g/mol. The third-order valence-corrected chi connectivity index (χ3v) is 0.790. The Hall–Kier alpha value is -0.830. The van der Waals surface area contributed by atoms with Gasteiger partial charge < -0.3 is 5.01 Å². The molecule has 0 bridgehead atoms. The molecule has 1 aliphatic heterocycles. The Morgan fingerprint density at radius 2 is 2.57 bits per heavy atom. The van der Waals surface area contributed by atoms with E-state index >= 15 is 0 Å². The number of nitrogens with two attached hydrogens (primary N) is 1. The first-order valence-corrected chi connectivity index (χ1v) is 2.01. The molecule has 3 nitrogen and oxygen atoms in total. The van der Waals surface area contributed by atoms with Crippen molar-refractivity contribution in [1.29, 1.82) is 0 Å². The van der Waals surface area contributed by atoms with E-state index in [0.29, 0.717) is 6.54 Å². The van der Waals surface area contributed by atoms with Crippen molar-refractivity contribution in [3.05, 3.63) is 12.3 Å². The minimum atomic E-state index is 0.0718. The van der Waals surface area contributed by atoms with Gasteiger partial charge in [0.1, 0.15) is 0 Å². The van der Waals surface area contributed by atoms with E-state index < -0.39 is 0 Å². The van der Waals surface area contributed by atoms with Crippen molar-refractivity contribution in [2.45, 2.75) is 0 Å². The van der Waals surface area contributed by atoms with Gasteiger partial charge in [0.05, 0.1) is 6.54 Å². The van der Waals surface area contributed by atoms with E-state index in [2.05, 4.69) is 0 Å². The molecule has 0 aromatic rings. The van der Waals surface area contributed by atoms with Crippen LogP contribution in [-0.2, 0) is 4.79 Å². The second-order valence-electron chi connectivity index (χ2n) is 1.45. The molecule has 0 amide bonds. The van der Waals surface area contributed by atoms with Gasteiger partial charge in [-0.2, -0.15) is 0 Å². The molecule has 0 aromatic heterocycles. The van der Waals surface area contributed by atoms with Crippen molar-refractivity contribution in [1.82, 2.24) is 5.01 Å². The molecule has 1 rings (SSSR count). The highest BCUT2D eigenvalue weighted by Gasteiger charge is 2.05. The van der Waals surface area contributed by atoms with E-state index in [-0.39, 0.29) is 5.78 Å². The van der Waals surface area contributed by atoms with Crippen LogP contribution in [0.4, 0.5) is 0 Å². The lowest BCUT2D eigenvalue weighted by Crippen LogP contribution is -2.24. The Labute approximate surface area is 41.4 Å². The minimum Gasteiger partial charge on any atom is -0.310 e. The SMILES string of the molecule is NN1C=CC(=O)C1. The van der Waals surface area contributed by atoms with Crippen LogP contribution >= 0.6 is 0 Å². The molecule has 3 heteroatoms. The van der Waals surface area contributed by atoms with Gasteiger partial charge in [-0.3, -0.25) is 4.79 Å². The highest BCUT2D eigenvalue weighted by atomic mass is 16.1. The third-order valence-electron chi connectivity index (χ3n) is 0.790. The first-order chi connectivity index (χ1) is 3.29. The lowest BCUT2D eigenvalue weighted by Gasteiger charge is -2.01. The van der Waals surface area contributed by atoms with Crippen LogP contribution in [0.5, 0.6) is 0 Å². The van der Waals surface area contributed by atoms with Gasteiger partial charge in [-0.1, -0.05) is 0 Å². The van der Waals surface area contributed by atoms with Crippen LogP contribution in [0.15, 0.2) is 12.3 Å². The van der Waals surface area contributed by atoms with Crippen molar-refractivity contribution in [3.63, 3.8) is 0 Å². The zero-order chi connectivity index (χ0) is 5.28. The number of carbonyl (C=O) groups is 1. The number of rotatable bonds is 0. The first-order valence-electron chi connectivity index (χ1n) is 2.01. The van der Waals surface area contributed by atoms with Gasteiger partial charge in [-0.25, -0.2) is 5.84 Å².